The van der Waals surface area contributed by atoms with Gasteiger partial charge in [0.1, 0.15) is 0 Å². The van der Waals surface area contributed by atoms with Crippen molar-refractivity contribution in [2.24, 2.45) is 0 Å². The van der Waals surface area contributed by atoms with Gasteiger partial charge in [0.15, 0.2) is 0 Å². The molecule has 0 spiro atoms. The van der Waals surface area contributed by atoms with Gasteiger partial charge in [0.05, 0.1) is 36.5 Å². The summed E-state index contributed by atoms with van der Waals surface area (Å²) in [7, 11) is 0. The molecule has 2 aromatic rings. The minimum Gasteiger partial charge on any atom is -0.376 e. The molecule has 1 aliphatic rings. The Kier molecular flexibility index (Phi) is 5.61. The minimum absolute atomic E-state index is 0.123. The van der Waals surface area contributed by atoms with E-state index in [4.69, 9.17) is 4.74 Å². The summed E-state index contributed by atoms with van der Waals surface area (Å²) in [5, 5.41) is 6.85. The molecule has 1 N–H and O–H groups in total. The van der Waals surface area contributed by atoms with Gasteiger partial charge in [0.25, 0.3) is 0 Å². The molecule has 2 heterocycles. The number of alkyl halides is 3. The Labute approximate surface area is 149 Å². The van der Waals surface area contributed by atoms with Gasteiger partial charge in [-0.25, -0.2) is 0 Å². The maximum Gasteiger partial charge on any atom is 0.416 e. The fraction of sp³-hybridized carbons (Fsp3) is 0.444. The van der Waals surface area contributed by atoms with E-state index < -0.39 is 17.6 Å². The third-order valence-corrected chi connectivity index (χ3v) is 4.20. The fourth-order valence-corrected chi connectivity index (χ4v) is 2.94. The third-order valence-electron chi connectivity index (χ3n) is 4.20. The molecule has 5 nitrogen and oxygen atoms in total. The molecule has 1 saturated heterocycles. The van der Waals surface area contributed by atoms with E-state index in [1.807, 2.05) is 0 Å². The van der Waals surface area contributed by atoms with E-state index in [0.717, 1.165) is 38.0 Å². The van der Waals surface area contributed by atoms with Crippen LogP contribution < -0.4 is 5.32 Å². The first-order chi connectivity index (χ1) is 12.4. The molecule has 0 saturated carbocycles. The minimum atomic E-state index is -4.42. The van der Waals surface area contributed by atoms with E-state index >= 15 is 0 Å². The lowest BCUT2D eigenvalue weighted by molar-refractivity contribution is -0.137. The van der Waals surface area contributed by atoms with E-state index in [-0.39, 0.29) is 12.5 Å². The zero-order valence-electron chi connectivity index (χ0n) is 14.1. The predicted octanol–water partition coefficient (Wildman–Crippen LogP) is 3.65. The van der Waals surface area contributed by atoms with Crippen molar-refractivity contribution in [2.75, 3.05) is 11.9 Å². The second kappa shape index (κ2) is 7.90. The van der Waals surface area contributed by atoms with Gasteiger partial charge in [-0.2, -0.15) is 18.3 Å². The molecule has 8 heteroatoms. The molecule has 26 heavy (non-hydrogen) atoms. The number of halogens is 3. The summed E-state index contributed by atoms with van der Waals surface area (Å²) in [6.07, 6.45) is 1.97. The van der Waals surface area contributed by atoms with Gasteiger partial charge in [-0.15, -0.1) is 0 Å². The molecule has 1 atom stereocenters. The second-order valence-electron chi connectivity index (χ2n) is 6.36. The summed E-state index contributed by atoms with van der Waals surface area (Å²) in [5.41, 5.74) is 0.0567. The van der Waals surface area contributed by atoms with Crippen LogP contribution in [0.25, 0.3) is 0 Å². The first kappa shape index (κ1) is 18.4. The van der Waals surface area contributed by atoms with E-state index in [9.17, 15) is 18.0 Å². The lowest BCUT2D eigenvalue weighted by Crippen LogP contribution is -2.24. The predicted molar refractivity (Wildman–Crippen MR) is 89.6 cm³/mol. The summed E-state index contributed by atoms with van der Waals surface area (Å²) < 4.78 is 45.5. The number of nitrogens with one attached hydrogen (secondary N) is 1. The number of ether oxygens (including phenoxy) is 1. The van der Waals surface area contributed by atoms with E-state index in [0.29, 0.717) is 17.8 Å². The van der Waals surface area contributed by atoms with Crippen LogP contribution in [-0.2, 0) is 28.7 Å². The van der Waals surface area contributed by atoms with Gasteiger partial charge in [-0.05, 0) is 30.9 Å². The van der Waals surface area contributed by atoms with Gasteiger partial charge >= 0.3 is 6.18 Å². The summed E-state index contributed by atoms with van der Waals surface area (Å²) in [6.45, 7) is 1.37. The molecule has 1 fully saturated rings. The topological polar surface area (TPSA) is 56.2 Å². The molecule has 0 aliphatic carbocycles. The Morgan fingerprint density at radius 1 is 1.35 bits per heavy atom. The number of carbonyl (C=O) groups is 1. The first-order valence-electron chi connectivity index (χ1n) is 8.50. The van der Waals surface area contributed by atoms with Crippen molar-refractivity contribution < 1.29 is 22.7 Å². The van der Waals surface area contributed by atoms with Crippen molar-refractivity contribution >= 4 is 11.6 Å². The van der Waals surface area contributed by atoms with Crippen molar-refractivity contribution in [3.8, 4) is 0 Å². The highest BCUT2D eigenvalue weighted by Crippen LogP contribution is 2.29. The van der Waals surface area contributed by atoms with E-state index in [1.54, 1.807) is 10.9 Å². The lowest BCUT2D eigenvalue weighted by Gasteiger charge is -2.22. The Morgan fingerprint density at radius 3 is 2.92 bits per heavy atom. The number of anilines is 1. The van der Waals surface area contributed by atoms with Gasteiger partial charge < -0.3 is 10.1 Å². The average Bonchev–Trinajstić information content (AvgIpc) is 3.02. The van der Waals surface area contributed by atoms with Crippen molar-refractivity contribution in [1.82, 2.24) is 9.78 Å². The van der Waals surface area contributed by atoms with Crippen LogP contribution in [0.3, 0.4) is 0 Å². The highest BCUT2D eigenvalue weighted by atomic mass is 19.4. The summed E-state index contributed by atoms with van der Waals surface area (Å²) in [6, 6.07) is 4.77. The van der Waals surface area contributed by atoms with Crippen LogP contribution in [0.1, 0.15) is 30.4 Å². The highest BCUT2D eigenvalue weighted by Gasteiger charge is 2.30. The normalized spacial score (nSPS) is 17.9. The Hall–Kier alpha value is -2.35. The molecular weight excluding hydrogens is 347 g/mol. The van der Waals surface area contributed by atoms with Gasteiger partial charge in [-0.3, -0.25) is 9.48 Å². The maximum absolute atomic E-state index is 12.7. The van der Waals surface area contributed by atoms with Gasteiger partial charge in [0, 0.05) is 12.8 Å². The number of hydrogen-bond donors (Lipinski definition) is 1. The van der Waals surface area contributed by atoms with E-state index in [2.05, 4.69) is 10.4 Å². The number of amides is 1. The highest BCUT2D eigenvalue weighted by molar-refractivity contribution is 5.92. The molecular formula is C18H20F3N3O2. The molecule has 0 bridgehead atoms. The lowest BCUT2D eigenvalue weighted by atomic mass is 10.1. The van der Waals surface area contributed by atoms with Crippen molar-refractivity contribution in [2.45, 2.75) is 44.5 Å². The van der Waals surface area contributed by atoms with Crippen molar-refractivity contribution in [1.29, 1.82) is 0 Å². The van der Waals surface area contributed by atoms with Crippen LogP contribution in [0.4, 0.5) is 18.9 Å². The zero-order valence-corrected chi connectivity index (χ0v) is 14.1. The number of nitrogens with zero attached hydrogens (tertiary/aromatic N) is 2. The number of rotatable bonds is 5. The zero-order chi connectivity index (χ0) is 18.6. The van der Waals surface area contributed by atoms with Crippen molar-refractivity contribution in [3.05, 3.63) is 47.8 Å². The monoisotopic (exact) mass is 367 g/mol. The standard InChI is InChI=1S/C18H20F3N3O2/c19-18(20,21)14-5-3-4-13(8-14)9-17(25)23-15-10-22-24(11-15)12-16-6-1-2-7-26-16/h3-5,8,10-11,16H,1-2,6-7,9,12H2,(H,23,25)/t16-/m0/s1. The molecule has 1 amide bonds. The summed E-state index contributed by atoms with van der Waals surface area (Å²) in [4.78, 5) is 12.1. The van der Waals surface area contributed by atoms with E-state index in [1.165, 1.54) is 18.3 Å². The van der Waals surface area contributed by atoms with Crippen LogP contribution in [0.15, 0.2) is 36.7 Å². The number of aromatic nitrogens is 2. The quantitative estimate of drug-likeness (QED) is 0.878. The number of carbonyl (C=O) groups excluding carboxylic acids is 1. The molecule has 3 rings (SSSR count). The van der Waals surface area contributed by atoms with Crippen molar-refractivity contribution in [3.63, 3.8) is 0 Å². The third kappa shape index (κ3) is 5.08. The smallest absolute Gasteiger partial charge is 0.376 e. The summed E-state index contributed by atoms with van der Waals surface area (Å²) >= 11 is 0. The van der Waals surface area contributed by atoms with Gasteiger partial charge in [0.2, 0.25) is 5.91 Å². The van der Waals surface area contributed by atoms with Crippen LogP contribution >= 0.6 is 0 Å². The molecule has 1 aliphatic heterocycles. The van der Waals surface area contributed by atoms with Crippen LogP contribution in [0.5, 0.6) is 0 Å². The first-order valence-corrected chi connectivity index (χ1v) is 8.50. The molecule has 0 unspecified atom stereocenters. The summed E-state index contributed by atoms with van der Waals surface area (Å²) in [5.74, 6) is -0.391. The number of benzene rings is 1. The molecule has 1 aromatic carbocycles. The van der Waals surface area contributed by atoms with Crippen LogP contribution in [0.2, 0.25) is 0 Å². The van der Waals surface area contributed by atoms with Crippen LogP contribution in [0, 0.1) is 0 Å². The van der Waals surface area contributed by atoms with Crippen LogP contribution in [-0.4, -0.2) is 28.4 Å². The van der Waals surface area contributed by atoms with Gasteiger partial charge in [-0.1, -0.05) is 18.2 Å². The Balaban J connectivity index is 1.55. The SMILES string of the molecule is O=C(Cc1cccc(C(F)(F)F)c1)Nc1cnn(C[C@@H]2CCCCO2)c1. The fourth-order valence-electron chi connectivity index (χ4n) is 2.94. The maximum atomic E-state index is 12.7. The number of hydrogen-bond acceptors (Lipinski definition) is 3. The Bertz CT molecular complexity index is 752. The molecule has 0 radical (unpaired) electrons. The average molecular weight is 367 g/mol. The Morgan fingerprint density at radius 2 is 2.19 bits per heavy atom. The molecule has 1 aromatic heterocycles. The second-order valence-corrected chi connectivity index (χ2v) is 6.36. The largest absolute Gasteiger partial charge is 0.416 e. The molecule has 140 valence electrons.